The fraction of sp³-hybridized carbons (Fsp3) is 0.174. The smallest absolute Gasteiger partial charge is 0.261 e. The van der Waals surface area contributed by atoms with Crippen LogP contribution in [0.2, 0.25) is 0 Å². The molecule has 0 saturated heterocycles. The highest BCUT2D eigenvalue weighted by atomic mass is 32.2. The van der Waals surface area contributed by atoms with Gasteiger partial charge >= 0.3 is 0 Å². The van der Waals surface area contributed by atoms with E-state index < -0.39 is 10.0 Å². The van der Waals surface area contributed by atoms with Gasteiger partial charge in [-0.1, -0.05) is 37.3 Å². The predicted molar refractivity (Wildman–Crippen MR) is 117 cm³/mol. The minimum Gasteiger partial charge on any atom is -0.322 e. The maximum absolute atomic E-state index is 12.7. The number of nitrogens with one attached hydrogen (secondary N) is 2. The quantitative estimate of drug-likeness (QED) is 0.608. The van der Waals surface area contributed by atoms with Crippen molar-refractivity contribution in [3.63, 3.8) is 0 Å². The van der Waals surface area contributed by atoms with E-state index in [0.29, 0.717) is 16.9 Å². The van der Waals surface area contributed by atoms with Gasteiger partial charge in [0.25, 0.3) is 15.9 Å². The van der Waals surface area contributed by atoms with Crippen LogP contribution in [-0.2, 0) is 16.4 Å². The van der Waals surface area contributed by atoms with Crippen molar-refractivity contribution in [2.75, 3.05) is 10.0 Å². The number of hydrogen-bond acceptors (Lipinski definition) is 3. The number of benzene rings is 3. The molecule has 6 heteroatoms. The van der Waals surface area contributed by atoms with E-state index in [1.165, 1.54) is 12.1 Å². The Morgan fingerprint density at radius 1 is 0.862 bits per heavy atom. The third kappa shape index (κ3) is 4.84. The van der Waals surface area contributed by atoms with Crippen molar-refractivity contribution in [2.24, 2.45) is 0 Å². The van der Waals surface area contributed by atoms with Crippen LogP contribution in [0.5, 0.6) is 0 Å². The lowest BCUT2D eigenvalue weighted by atomic mass is 10.1. The van der Waals surface area contributed by atoms with Gasteiger partial charge in [0.1, 0.15) is 0 Å². The Morgan fingerprint density at radius 2 is 1.45 bits per heavy atom. The molecule has 0 heterocycles. The third-order valence-electron chi connectivity index (χ3n) is 4.76. The van der Waals surface area contributed by atoms with Crippen molar-refractivity contribution in [3.8, 4) is 0 Å². The van der Waals surface area contributed by atoms with Crippen LogP contribution in [0.15, 0.2) is 71.6 Å². The molecule has 0 radical (unpaired) electrons. The van der Waals surface area contributed by atoms with Gasteiger partial charge in [0, 0.05) is 11.3 Å². The van der Waals surface area contributed by atoms with Crippen LogP contribution in [0.3, 0.4) is 0 Å². The van der Waals surface area contributed by atoms with E-state index in [1.54, 1.807) is 24.3 Å². The van der Waals surface area contributed by atoms with E-state index in [4.69, 9.17) is 0 Å². The zero-order valence-electron chi connectivity index (χ0n) is 16.7. The minimum absolute atomic E-state index is 0.130. The number of hydrogen-bond donors (Lipinski definition) is 2. The molecule has 0 bridgehead atoms. The Balaban J connectivity index is 1.74. The Bertz CT molecular complexity index is 1100. The Morgan fingerprint density at radius 3 is 2.00 bits per heavy atom. The van der Waals surface area contributed by atoms with E-state index in [-0.39, 0.29) is 10.8 Å². The molecule has 0 spiro atoms. The highest BCUT2D eigenvalue weighted by Gasteiger charge is 2.16. The SMILES string of the molecule is CCc1ccc(C(=O)Nc2ccc(S(=O)(=O)Nc3c(C)cccc3C)cc2)cc1. The second-order valence-electron chi connectivity index (χ2n) is 6.90. The van der Waals surface area contributed by atoms with Crippen molar-refractivity contribution in [3.05, 3.63) is 89.0 Å². The first-order chi connectivity index (χ1) is 13.8. The van der Waals surface area contributed by atoms with Crippen LogP contribution < -0.4 is 10.0 Å². The summed E-state index contributed by atoms with van der Waals surface area (Å²) in [7, 11) is -3.73. The van der Waals surface area contributed by atoms with E-state index in [9.17, 15) is 13.2 Å². The minimum atomic E-state index is -3.73. The summed E-state index contributed by atoms with van der Waals surface area (Å²) in [6.07, 6.45) is 0.911. The van der Waals surface area contributed by atoms with Crippen molar-refractivity contribution in [2.45, 2.75) is 32.1 Å². The lowest BCUT2D eigenvalue weighted by Gasteiger charge is -2.13. The molecule has 3 aromatic rings. The standard InChI is InChI=1S/C23H24N2O3S/c1-4-18-8-10-19(11-9-18)23(26)24-20-12-14-21(15-13-20)29(27,28)25-22-16(2)6-5-7-17(22)3/h5-15,25H,4H2,1-3H3,(H,24,26). The highest BCUT2D eigenvalue weighted by Crippen LogP contribution is 2.24. The summed E-state index contributed by atoms with van der Waals surface area (Å²) in [6, 6.07) is 19.1. The van der Waals surface area contributed by atoms with Crippen LogP contribution >= 0.6 is 0 Å². The van der Waals surface area contributed by atoms with Gasteiger partial charge in [-0.2, -0.15) is 0 Å². The maximum Gasteiger partial charge on any atom is 0.261 e. The molecule has 150 valence electrons. The molecule has 5 nitrogen and oxygen atoms in total. The number of carbonyl (C=O) groups excluding carboxylic acids is 1. The topological polar surface area (TPSA) is 75.3 Å². The summed E-state index contributed by atoms with van der Waals surface area (Å²) in [5.74, 6) is -0.239. The van der Waals surface area contributed by atoms with Crippen molar-refractivity contribution >= 4 is 27.3 Å². The second-order valence-corrected chi connectivity index (χ2v) is 8.58. The van der Waals surface area contributed by atoms with E-state index in [2.05, 4.69) is 17.0 Å². The monoisotopic (exact) mass is 408 g/mol. The fourth-order valence-corrected chi connectivity index (χ4v) is 4.18. The molecular formula is C23H24N2O3S. The Kier molecular flexibility index (Phi) is 6.03. The van der Waals surface area contributed by atoms with Gasteiger partial charge in [-0.05, 0) is 73.4 Å². The molecule has 29 heavy (non-hydrogen) atoms. The summed E-state index contributed by atoms with van der Waals surface area (Å²) < 4.78 is 28.1. The Hall–Kier alpha value is -3.12. The first-order valence-corrected chi connectivity index (χ1v) is 10.9. The van der Waals surface area contributed by atoms with Gasteiger partial charge in [-0.25, -0.2) is 8.42 Å². The second kappa shape index (κ2) is 8.49. The fourth-order valence-electron chi connectivity index (χ4n) is 2.98. The average molecular weight is 409 g/mol. The zero-order valence-corrected chi connectivity index (χ0v) is 17.5. The first kappa shape index (κ1) is 20.6. The molecule has 1 amide bonds. The number of sulfonamides is 1. The van der Waals surface area contributed by atoms with Crippen LogP contribution in [0.25, 0.3) is 0 Å². The molecule has 2 N–H and O–H groups in total. The average Bonchev–Trinajstić information content (AvgIpc) is 2.71. The van der Waals surface area contributed by atoms with Gasteiger partial charge in [0.2, 0.25) is 0 Å². The largest absolute Gasteiger partial charge is 0.322 e. The van der Waals surface area contributed by atoms with Gasteiger partial charge < -0.3 is 5.32 Å². The number of anilines is 2. The molecule has 0 aliphatic rings. The highest BCUT2D eigenvalue weighted by molar-refractivity contribution is 7.92. The summed E-state index contributed by atoms with van der Waals surface area (Å²) in [6.45, 7) is 5.77. The van der Waals surface area contributed by atoms with E-state index >= 15 is 0 Å². The van der Waals surface area contributed by atoms with E-state index in [1.807, 2.05) is 44.2 Å². The molecular weight excluding hydrogens is 384 g/mol. The molecule has 0 fully saturated rings. The van der Waals surface area contributed by atoms with Crippen LogP contribution in [-0.4, -0.2) is 14.3 Å². The summed E-state index contributed by atoms with van der Waals surface area (Å²) >= 11 is 0. The van der Waals surface area contributed by atoms with Crippen LogP contribution in [0.4, 0.5) is 11.4 Å². The molecule has 0 aliphatic carbocycles. The lowest BCUT2D eigenvalue weighted by Crippen LogP contribution is -2.15. The van der Waals surface area contributed by atoms with Crippen molar-refractivity contribution < 1.29 is 13.2 Å². The first-order valence-electron chi connectivity index (χ1n) is 9.39. The lowest BCUT2D eigenvalue weighted by molar-refractivity contribution is 0.102. The number of amides is 1. The van der Waals surface area contributed by atoms with E-state index in [0.717, 1.165) is 23.1 Å². The number of aryl methyl sites for hydroxylation is 3. The zero-order chi connectivity index (χ0) is 21.0. The normalized spacial score (nSPS) is 11.1. The molecule has 0 saturated carbocycles. The maximum atomic E-state index is 12.7. The van der Waals surface area contributed by atoms with Gasteiger partial charge in [0.05, 0.1) is 10.6 Å². The van der Waals surface area contributed by atoms with Gasteiger partial charge in [-0.15, -0.1) is 0 Å². The summed E-state index contributed by atoms with van der Waals surface area (Å²) in [5, 5.41) is 2.79. The molecule has 3 rings (SSSR count). The number of para-hydroxylation sites is 1. The summed E-state index contributed by atoms with van der Waals surface area (Å²) in [4.78, 5) is 12.5. The Labute approximate surface area is 171 Å². The van der Waals surface area contributed by atoms with Crippen molar-refractivity contribution in [1.29, 1.82) is 0 Å². The molecule has 0 unspecified atom stereocenters. The predicted octanol–water partition coefficient (Wildman–Crippen LogP) is 4.92. The number of carbonyl (C=O) groups is 1. The number of rotatable bonds is 6. The van der Waals surface area contributed by atoms with Crippen LogP contribution in [0.1, 0.15) is 34.0 Å². The molecule has 3 aromatic carbocycles. The third-order valence-corrected chi connectivity index (χ3v) is 6.13. The summed E-state index contributed by atoms with van der Waals surface area (Å²) in [5.41, 5.74) is 4.53. The van der Waals surface area contributed by atoms with Crippen molar-refractivity contribution in [1.82, 2.24) is 0 Å². The molecule has 0 atom stereocenters. The van der Waals surface area contributed by atoms with Gasteiger partial charge in [-0.3, -0.25) is 9.52 Å². The van der Waals surface area contributed by atoms with Gasteiger partial charge in [0.15, 0.2) is 0 Å². The molecule has 0 aromatic heterocycles. The van der Waals surface area contributed by atoms with Crippen LogP contribution in [0, 0.1) is 13.8 Å². The molecule has 0 aliphatic heterocycles.